The fraction of sp³-hybridized carbons (Fsp3) is 0.350. The van der Waals surface area contributed by atoms with E-state index in [1.165, 1.54) is 28.6 Å². The number of hydrogen-bond donors (Lipinski definition) is 1. The molecule has 2 unspecified atom stereocenters. The van der Waals surface area contributed by atoms with Gasteiger partial charge in [0.05, 0.1) is 17.1 Å². The topological polar surface area (TPSA) is 75.7 Å². The molecule has 150 valence electrons. The molecular weight excluding hydrogens is 400 g/mol. The van der Waals surface area contributed by atoms with Gasteiger partial charge in [-0.05, 0) is 55.8 Å². The van der Waals surface area contributed by atoms with Gasteiger partial charge in [-0.3, -0.25) is 4.79 Å². The Morgan fingerprint density at radius 3 is 2.39 bits per heavy atom. The van der Waals surface area contributed by atoms with Crippen LogP contribution in [0.1, 0.15) is 29.8 Å². The van der Waals surface area contributed by atoms with E-state index >= 15 is 0 Å². The van der Waals surface area contributed by atoms with Crippen molar-refractivity contribution in [3.8, 4) is 0 Å². The van der Waals surface area contributed by atoms with Gasteiger partial charge >= 0.3 is 0 Å². The Labute approximate surface area is 170 Å². The molecule has 0 aromatic heterocycles. The van der Waals surface area contributed by atoms with Crippen LogP contribution in [0.15, 0.2) is 53.4 Å². The Balaban J connectivity index is 1.67. The summed E-state index contributed by atoms with van der Waals surface area (Å²) < 4.78 is 32.8. The van der Waals surface area contributed by atoms with Crippen LogP contribution in [-0.4, -0.2) is 43.9 Å². The molecular formula is C20H23ClN2O4S. The summed E-state index contributed by atoms with van der Waals surface area (Å²) in [5.41, 5.74) is 1.28. The van der Waals surface area contributed by atoms with Crippen molar-refractivity contribution in [2.75, 3.05) is 13.1 Å². The highest BCUT2D eigenvalue weighted by molar-refractivity contribution is 7.89. The smallest absolute Gasteiger partial charge is 0.251 e. The van der Waals surface area contributed by atoms with Gasteiger partial charge in [-0.1, -0.05) is 23.7 Å². The van der Waals surface area contributed by atoms with Gasteiger partial charge in [-0.25, -0.2) is 8.42 Å². The van der Waals surface area contributed by atoms with Crippen LogP contribution in [0.3, 0.4) is 0 Å². The lowest BCUT2D eigenvalue weighted by Gasteiger charge is -2.34. The summed E-state index contributed by atoms with van der Waals surface area (Å²) >= 11 is 5.94. The Morgan fingerprint density at radius 2 is 1.79 bits per heavy atom. The number of hydrogen-bond acceptors (Lipinski definition) is 4. The fourth-order valence-electron chi connectivity index (χ4n) is 3.19. The maximum absolute atomic E-state index is 12.9. The molecule has 0 radical (unpaired) electrons. The first-order chi connectivity index (χ1) is 13.3. The normalized spacial score (nSPS) is 20.7. The summed E-state index contributed by atoms with van der Waals surface area (Å²) in [5, 5.41) is 3.41. The van der Waals surface area contributed by atoms with E-state index in [1.54, 1.807) is 12.1 Å². The molecule has 2 atom stereocenters. The van der Waals surface area contributed by atoms with Crippen molar-refractivity contribution in [2.24, 2.45) is 0 Å². The molecule has 1 aliphatic rings. The average molecular weight is 423 g/mol. The standard InChI is InChI=1S/C20H23ClN2O4S/c1-14-12-23(13-15(2)27-14)28(25,26)19-8-6-17(7-9-19)20(24)22-11-16-4-3-5-18(21)10-16/h3-10,14-15H,11-13H2,1-2H3,(H,22,24). The number of amides is 1. The third-order valence-corrected chi connectivity index (χ3v) is 6.56. The Kier molecular flexibility index (Phi) is 6.40. The molecule has 0 saturated carbocycles. The second kappa shape index (κ2) is 8.61. The molecule has 1 aliphatic heterocycles. The zero-order valence-electron chi connectivity index (χ0n) is 15.8. The zero-order chi connectivity index (χ0) is 20.3. The van der Waals surface area contributed by atoms with Crippen molar-refractivity contribution in [1.29, 1.82) is 0 Å². The average Bonchev–Trinajstić information content (AvgIpc) is 2.65. The quantitative estimate of drug-likeness (QED) is 0.803. The highest BCUT2D eigenvalue weighted by Gasteiger charge is 2.32. The number of nitrogens with one attached hydrogen (secondary N) is 1. The molecule has 1 N–H and O–H groups in total. The molecule has 1 fully saturated rings. The summed E-state index contributed by atoms with van der Waals surface area (Å²) in [6.45, 7) is 4.67. The van der Waals surface area contributed by atoms with Gasteiger partial charge in [0, 0.05) is 30.2 Å². The van der Waals surface area contributed by atoms with Gasteiger partial charge in [0.15, 0.2) is 0 Å². The van der Waals surface area contributed by atoms with E-state index in [0.717, 1.165) is 5.56 Å². The van der Waals surface area contributed by atoms with Gasteiger partial charge < -0.3 is 10.1 Å². The minimum atomic E-state index is -3.62. The summed E-state index contributed by atoms with van der Waals surface area (Å²) in [7, 11) is -3.62. The van der Waals surface area contributed by atoms with Crippen molar-refractivity contribution >= 4 is 27.5 Å². The zero-order valence-corrected chi connectivity index (χ0v) is 17.3. The highest BCUT2D eigenvalue weighted by atomic mass is 35.5. The third-order valence-electron chi connectivity index (χ3n) is 4.48. The van der Waals surface area contributed by atoms with E-state index in [4.69, 9.17) is 16.3 Å². The number of morpholine rings is 1. The van der Waals surface area contributed by atoms with Crippen molar-refractivity contribution in [2.45, 2.75) is 37.5 Å². The second-order valence-electron chi connectivity index (χ2n) is 6.92. The van der Waals surface area contributed by atoms with E-state index in [2.05, 4.69) is 5.32 Å². The maximum Gasteiger partial charge on any atom is 0.251 e. The number of carbonyl (C=O) groups excluding carboxylic acids is 1. The van der Waals surface area contributed by atoms with Crippen LogP contribution in [0.25, 0.3) is 0 Å². The van der Waals surface area contributed by atoms with Gasteiger partial charge in [-0.15, -0.1) is 0 Å². The van der Waals surface area contributed by atoms with E-state index in [0.29, 0.717) is 30.2 Å². The second-order valence-corrected chi connectivity index (χ2v) is 9.29. The van der Waals surface area contributed by atoms with Gasteiger partial charge in [0.1, 0.15) is 0 Å². The van der Waals surface area contributed by atoms with E-state index in [1.807, 2.05) is 26.0 Å². The molecule has 6 nitrogen and oxygen atoms in total. The number of carbonyl (C=O) groups is 1. The molecule has 0 bridgehead atoms. The molecule has 1 saturated heterocycles. The van der Waals surface area contributed by atoms with Gasteiger partial charge in [0.25, 0.3) is 5.91 Å². The molecule has 2 aromatic rings. The van der Waals surface area contributed by atoms with Gasteiger partial charge in [-0.2, -0.15) is 4.31 Å². The van der Waals surface area contributed by atoms with Crippen LogP contribution < -0.4 is 5.32 Å². The molecule has 28 heavy (non-hydrogen) atoms. The molecule has 3 rings (SSSR count). The lowest BCUT2D eigenvalue weighted by molar-refractivity contribution is -0.0440. The molecule has 8 heteroatoms. The minimum Gasteiger partial charge on any atom is -0.373 e. The predicted molar refractivity (Wildman–Crippen MR) is 108 cm³/mol. The molecule has 1 amide bonds. The van der Waals surface area contributed by atoms with E-state index in [-0.39, 0.29) is 23.0 Å². The fourth-order valence-corrected chi connectivity index (χ4v) is 4.99. The van der Waals surface area contributed by atoms with Crippen LogP contribution in [0.2, 0.25) is 5.02 Å². The van der Waals surface area contributed by atoms with Crippen LogP contribution >= 0.6 is 11.6 Å². The van der Waals surface area contributed by atoms with Crippen molar-refractivity contribution in [3.63, 3.8) is 0 Å². The Hall–Kier alpha value is -1.93. The lowest BCUT2D eigenvalue weighted by Crippen LogP contribution is -2.48. The number of rotatable bonds is 5. The summed E-state index contributed by atoms with van der Waals surface area (Å²) in [5.74, 6) is -0.280. The summed E-state index contributed by atoms with van der Waals surface area (Å²) in [6, 6.07) is 13.2. The first-order valence-corrected chi connectivity index (χ1v) is 10.9. The molecule has 1 heterocycles. The minimum absolute atomic E-state index is 0.157. The largest absolute Gasteiger partial charge is 0.373 e. The number of benzene rings is 2. The highest BCUT2D eigenvalue weighted by Crippen LogP contribution is 2.21. The number of sulfonamides is 1. The molecule has 2 aromatic carbocycles. The maximum atomic E-state index is 12.9. The van der Waals surface area contributed by atoms with E-state index < -0.39 is 10.0 Å². The monoisotopic (exact) mass is 422 g/mol. The first kappa shape index (κ1) is 20.8. The molecule has 0 aliphatic carbocycles. The molecule has 0 spiro atoms. The predicted octanol–water partition coefficient (Wildman–Crippen LogP) is 3.07. The van der Waals surface area contributed by atoms with Crippen LogP contribution in [0.4, 0.5) is 0 Å². The van der Waals surface area contributed by atoms with E-state index in [9.17, 15) is 13.2 Å². The Bertz CT molecular complexity index is 937. The van der Waals surface area contributed by atoms with Crippen molar-refractivity contribution in [3.05, 3.63) is 64.7 Å². The van der Waals surface area contributed by atoms with Crippen LogP contribution in [0.5, 0.6) is 0 Å². The van der Waals surface area contributed by atoms with Crippen molar-refractivity contribution < 1.29 is 17.9 Å². The number of ether oxygens (including phenoxy) is 1. The number of nitrogens with zero attached hydrogens (tertiary/aromatic N) is 1. The SMILES string of the molecule is CC1CN(S(=O)(=O)c2ccc(C(=O)NCc3cccc(Cl)c3)cc2)CC(C)O1. The number of halogens is 1. The third kappa shape index (κ3) is 4.91. The van der Waals surface area contributed by atoms with Crippen LogP contribution in [0, 0.1) is 0 Å². The van der Waals surface area contributed by atoms with Gasteiger partial charge in [0.2, 0.25) is 10.0 Å². The van der Waals surface area contributed by atoms with Crippen molar-refractivity contribution in [1.82, 2.24) is 9.62 Å². The summed E-state index contributed by atoms with van der Waals surface area (Å²) in [4.78, 5) is 12.5. The first-order valence-electron chi connectivity index (χ1n) is 9.04. The Morgan fingerprint density at radius 1 is 1.14 bits per heavy atom. The van der Waals surface area contributed by atoms with Crippen LogP contribution in [-0.2, 0) is 21.3 Å². The lowest BCUT2D eigenvalue weighted by atomic mass is 10.2. The summed E-state index contributed by atoms with van der Waals surface area (Å²) in [6.07, 6.45) is -0.315.